The summed E-state index contributed by atoms with van der Waals surface area (Å²) in [7, 11) is -9.92. The average Bonchev–Trinajstić information content (AvgIpc) is 0.941. The Hall–Kier alpha value is -1.94. The first-order chi connectivity index (χ1) is 48.8. The summed E-state index contributed by atoms with van der Waals surface area (Å²) in [5, 5.41) is 10.6. The predicted octanol–water partition coefficient (Wildman–Crippen LogP) is 24.5. The summed E-state index contributed by atoms with van der Waals surface area (Å²) >= 11 is 0. The Balaban J connectivity index is 5.20. The van der Waals surface area contributed by atoms with Crippen LogP contribution in [0, 0.1) is 17.8 Å². The molecule has 0 saturated heterocycles. The zero-order chi connectivity index (χ0) is 74.4. The predicted molar refractivity (Wildman–Crippen MR) is 414 cm³/mol. The molecule has 0 aliphatic rings. The molecule has 0 aromatic rings. The molecule has 0 saturated carbocycles. The number of aliphatic hydroxyl groups is 1. The molecule has 600 valence electrons. The lowest BCUT2D eigenvalue weighted by Gasteiger charge is -2.21. The molecule has 0 fully saturated rings. The first-order valence-electron chi connectivity index (χ1n) is 42.4. The number of rotatable bonds is 80. The largest absolute Gasteiger partial charge is 0.472 e. The second-order valence-electron chi connectivity index (χ2n) is 30.7. The van der Waals surface area contributed by atoms with Crippen molar-refractivity contribution in [3.63, 3.8) is 0 Å². The van der Waals surface area contributed by atoms with E-state index < -0.39 is 97.5 Å². The van der Waals surface area contributed by atoms with Crippen LogP contribution in [-0.4, -0.2) is 96.7 Å². The van der Waals surface area contributed by atoms with Crippen LogP contribution in [-0.2, 0) is 65.4 Å². The first kappa shape index (κ1) is 99.1. The molecule has 0 bridgehead atoms. The number of carbonyl (C=O) groups excluding carboxylic acids is 4. The number of hydrogen-bond donors (Lipinski definition) is 3. The Bertz CT molecular complexity index is 1960. The molecule has 0 aromatic heterocycles. The van der Waals surface area contributed by atoms with Crippen molar-refractivity contribution in [2.24, 2.45) is 17.8 Å². The molecule has 0 aliphatic carbocycles. The van der Waals surface area contributed by atoms with Gasteiger partial charge in [-0.15, -0.1) is 0 Å². The van der Waals surface area contributed by atoms with E-state index in [9.17, 15) is 43.2 Å². The molecule has 0 radical (unpaired) electrons. The number of hydrogen-bond acceptors (Lipinski definition) is 15. The van der Waals surface area contributed by atoms with Gasteiger partial charge in [0, 0.05) is 25.7 Å². The van der Waals surface area contributed by atoms with Crippen LogP contribution in [0.3, 0.4) is 0 Å². The van der Waals surface area contributed by atoms with Crippen molar-refractivity contribution in [1.82, 2.24) is 0 Å². The van der Waals surface area contributed by atoms with Crippen molar-refractivity contribution in [1.29, 1.82) is 0 Å². The van der Waals surface area contributed by atoms with E-state index >= 15 is 0 Å². The smallest absolute Gasteiger partial charge is 0.462 e. The van der Waals surface area contributed by atoms with Crippen LogP contribution in [0.25, 0.3) is 0 Å². The SMILES string of the molecule is CCCCCCCCCCCCC(=O)OC[C@H](COP(=O)(O)OC[C@H](O)COP(=O)(O)OC[C@@H](COC(=O)CCCCCCCCCCCCCCCCCC(C)C)OC(=O)CCCCCCCCCCCCCCCCCCCCC(C)CC)OC(=O)CCCCCCCCCCC(C)C. The number of aliphatic hydroxyl groups excluding tert-OH is 1. The second-order valence-corrected chi connectivity index (χ2v) is 33.6. The Morgan fingerprint density at radius 2 is 0.505 bits per heavy atom. The standard InChI is InChI=1S/C82H160O17P2/c1-8-10-11-12-13-14-34-42-49-56-63-79(84)92-70-78(99-82(87)66-59-52-45-38-37-40-47-54-61-74(5)6)72-97-101(90,91)95-68-76(83)67-94-100(88,89)96-71-77(69-93-80(85)64-57-50-43-35-30-26-23-19-20-24-28-32-39-46-53-60-73(3)4)98-81(86)65-58-51-44-36-31-27-22-18-16-15-17-21-25-29-33-41-48-55-62-75(7)9-2/h73-78,83H,8-72H2,1-7H3,(H,88,89)(H,90,91)/t75?,76-,77-,78-/m1/s1. The van der Waals surface area contributed by atoms with Crippen molar-refractivity contribution in [3.8, 4) is 0 Å². The molecule has 101 heavy (non-hydrogen) atoms. The van der Waals surface area contributed by atoms with E-state index in [2.05, 4.69) is 48.5 Å². The van der Waals surface area contributed by atoms with Crippen molar-refractivity contribution in [2.45, 2.75) is 446 Å². The van der Waals surface area contributed by atoms with E-state index in [1.807, 2.05) is 0 Å². The number of unbranched alkanes of at least 4 members (excludes halogenated alkanes) is 47. The number of carbonyl (C=O) groups is 4. The summed E-state index contributed by atoms with van der Waals surface area (Å²) in [4.78, 5) is 73.0. The van der Waals surface area contributed by atoms with Crippen molar-refractivity contribution in [2.75, 3.05) is 39.6 Å². The molecule has 0 aliphatic heterocycles. The molecule has 3 N–H and O–H groups in total. The molecule has 0 heterocycles. The van der Waals surface area contributed by atoms with Crippen LogP contribution >= 0.6 is 15.6 Å². The number of ether oxygens (including phenoxy) is 4. The van der Waals surface area contributed by atoms with Crippen LogP contribution in [0.4, 0.5) is 0 Å². The zero-order valence-corrected chi connectivity index (χ0v) is 68.2. The van der Waals surface area contributed by atoms with E-state index in [0.29, 0.717) is 25.7 Å². The van der Waals surface area contributed by atoms with Gasteiger partial charge in [0.1, 0.15) is 19.3 Å². The van der Waals surface area contributed by atoms with Crippen LogP contribution in [0.5, 0.6) is 0 Å². The van der Waals surface area contributed by atoms with Gasteiger partial charge in [0.25, 0.3) is 0 Å². The number of phosphoric acid groups is 2. The maximum absolute atomic E-state index is 13.1. The Morgan fingerprint density at radius 1 is 0.287 bits per heavy atom. The highest BCUT2D eigenvalue weighted by Crippen LogP contribution is 2.45. The molecular formula is C82H160O17P2. The van der Waals surface area contributed by atoms with Crippen LogP contribution in [0.1, 0.15) is 427 Å². The lowest BCUT2D eigenvalue weighted by Crippen LogP contribution is -2.30. The zero-order valence-electron chi connectivity index (χ0n) is 66.4. The Morgan fingerprint density at radius 3 is 0.752 bits per heavy atom. The fourth-order valence-electron chi connectivity index (χ4n) is 12.6. The van der Waals surface area contributed by atoms with E-state index in [1.165, 1.54) is 238 Å². The Kier molecular flexibility index (Phi) is 70.9. The number of esters is 4. The molecule has 0 amide bonds. The highest BCUT2D eigenvalue weighted by atomic mass is 31.2. The molecule has 0 rings (SSSR count). The maximum Gasteiger partial charge on any atom is 0.472 e. The lowest BCUT2D eigenvalue weighted by molar-refractivity contribution is -0.161. The van der Waals surface area contributed by atoms with Crippen LogP contribution < -0.4 is 0 Å². The summed E-state index contributed by atoms with van der Waals surface area (Å²) in [5.41, 5.74) is 0. The highest BCUT2D eigenvalue weighted by Gasteiger charge is 2.30. The molecule has 0 aromatic carbocycles. The third kappa shape index (κ3) is 74.7. The third-order valence-corrected chi connectivity index (χ3v) is 21.4. The van der Waals surface area contributed by atoms with Crippen molar-refractivity contribution in [3.05, 3.63) is 0 Å². The summed E-state index contributed by atoms with van der Waals surface area (Å²) in [6, 6.07) is 0. The van der Waals surface area contributed by atoms with E-state index in [0.717, 1.165) is 108 Å². The van der Waals surface area contributed by atoms with Gasteiger partial charge in [0.2, 0.25) is 0 Å². The van der Waals surface area contributed by atoms with Crippen LogP contribution in [0.15, 0.2) is 0 Å². The average molecular weight is 1480 g/mol. The van der Waals surface area contributed by atoms with Gasteiger partial charge in [0.15, 0.2) is 12.2 Å². The molecule has 17 nitrogen and oxygen atoms in total. The maximum atomic E-state index is 13.1. The molecule has 19 heteroatoms. The van der Waals surface area contributed by atoms with Crippen molar-refractivity contribution < 1.29 is 80.2 Å². The third-order valence-electron chi connectivity index (χ3n) is 19.5. The quantitative estimate of drug-likeness (QED) is 0.0222. The van der Waals surface area contributed by atoms with Gasteiger partial charge in [-0.1, -0.05) is 376 Å². The topological polar surface area (TPSA) is 237 Å². The second kappa shape index (κ2) is 72.3. The van der Waals surface area contributed by atoms with E-state index in [-0.39, 0.29) is 25.7 Å². The monoisotopic (exact) mass is 1480 g/mol. The fraction of sp³-hybridized carbons (Fsp3) is 0.951. The lowest BCUT2D eigenvalue weighted by atomic mass is 9.99. The summed E-state index contributed by atoms with van der Waals surface area (Å²) in [6.45, 7) is 12.0. The first-order valence-corrected chi connectivity index (χ1v) is 45.4. The van der Waals surface area contributed by atoms with Gasteiger partial charge in [-0.2, -0.15) is 0 Å². The van der Waals surface area contributed by atoms with Gasteiger partial charge in [0.05, 0.1) is 26.4 Å². The minimum atomic E-state index is -4.96. The summed E-state index contributed by atoms with van der Waals surface area (Å²) in [5.74, 6) is 0.283. The van der Waals surface area contributed by atoms with E-state index in [4.69, 9.17) is 37.0 Å². The minimum Gasteiger partial charge on any atom is -0.462 e. The van der Waals surface area contributed by atoms with E-state index in [1.54, 1.807) is 0 Å². The number of phosphoric ester groups is 2. The van der Waals surface area contributed by atoms with Gasteiger partial charge < -0.3 is 33.8 Å². The van der Waals surface area contributed by atoms with Gasteiger partial charge in [-0.05, 0) is 43.4 Å². The van der Waals surface area contributed by atoms with Gasteiger partial charge in [-0.25, -0.2) is 9.13 Å². The molecule has 0 spiro atoms. The highest BCUT2D eigenvalue weighted by molar-refractivity contribution is 7.47. The van der Waals surface area contributed by atoms with Crippen LogP contribution in [0.2, 0.25) is 0 Å². The minimum absolute atomic E-state index is 0.105. The van der Waals surface area contributed by atoms with Gasteiger partial charge in [-0.3, -0.25) is 37.3 Å². The summed E-state index contributed by atoms with van der Waals surface area (Å²) < 4.78 is 68.7. The summed E-state index contributed by atoms with van der Waals surface area (Å²) in [6.07, 6.45) is 61.1. The van der Waals surface area contributed by atoms with Crippen molar-refractivity contribution >= 4 is 39.5 Å². The normalized spacial score (nSPS) is 14.2. The fourth-order valence-corrected chi connectivity index (χ4v) is 14.2. The molecular weight excluding hydrogens is 1320 g/mol. The van der Waals surface area contributed by atoms with Gasteiger partial charge >= 0.3 is 39.5 Å². The molecule has 6 atom stereocenters. The Labute approximate surface area is 619 Å². The molecule has 3 unspecified atom stereocenters.